The van der Waals surface area contributed by atoms with Crippen LogP contribution >= 0.6 is 12.4 Å². The summed E-state index contributed by atoms with van der Waals surface area (Å²) in [5.41, 5.74) is 5.05. The summed E-state index contributed by atoms with van der Waals surface area (Å²) in [5.74, 6) is 0.935. The Hall–Kier alpha value is -3.23. The minimum absolute atomic E-state index is 0. The lowest BCUT2D eigenvalue weighted by atomic mass is 10.00. The van der Waals surface area contributed by atoms with Crippen molar-refractivity contribution in [2.75, 3.05) is 24.5 Å². The molecule has 1 atom stereocenters. The summed E-state index contributed by atoms with van der Waals surface area (Å²) in [6.45, 7) is 6.54. The maximum atomic E-state index is 4.53. The smallest absolute Gasteiger partial charge is 0.147 e. The van der Waals surface area contributed by atoms with Crippen molar-refractivity contribution in [3.8, 4) is 0 Å². The van der Waals surface area contributed by atoms with E-state index in [9.17, 15) is 0 Å². The lowest BCUT2D eigenvalue weighted by Gasteiger charge is -2.42. The average Bonchev–Trinajstić information content (AvgIpc) is 3.46. The van der Waals surface area contributed by atoms with Crippen LogP contribution in [0, 0.1) is 6.92 Å². The number of nitrogens with zero attached hydrogens (tertiary/aromatic N) is 8. The molecular weight excluding hydrogens is 436 g/mol. The van der Waals surface area contributed by atoms with Gasteiger partial charge in [-0.3, -0.25) is 19.2 Å². The maximum absolute atomic E-state index is 4.53. The molecule has 0 bridgehead atoms. The third-order valence-electron chi connectivity index (χ3n) is 6.34. The van der Waals surface area contributed by atoms with Gasteiger partial charge in [-0.1, -0.05) is 24.3 Å². The molecule has 1 unspecified atom stereocenters. The van der Waals surface area contributed by atoms with Gasteiger partial charge in [-0.05, 0) is 24.1 Å². The second-order valence-corrected chi connectivity index (χ2v) is 8.32. The van der Waals surface area contributed by atoms with Crippen molar-refractivity contribution in [1.29, 1.82) is 0 Å². The second kappa shape index (κ2) is 10.1. The summed E-state index contributed by atoms with van der Waals surface area (Å²) in [6, 6.07) is 11.1. The molecule has 8 nitrogen and oxygen atoms in total. The second-order valence-electron chi connectivity index (χ2n) is 8.32. The van der Waals surface area contributed by atoms with Gasteiger partial charge >= 0.3 is 0 Å². The number of hydrogen-bond acceptors (Lipinski definition) is 6. The number of piperazine rings is 1. The van der Waals surface area contributed by atoms with E-state index in [2.05, 4.69) is 61.2 Å². The van der Waals surface area contributed by atoms with Crippen LogP contribution in [0.15, 0.2) is 67.5 Å². The summed E-state index contributed by atoms with van der Waals surface area (Å²) in [7, 11) is 2.00. The van der Waals surface area contributed by atoms with Crippen molar-refractivity contribution in [3.05, 3.63) is 89.9 Å². The van der Waals surface area contributed by atoms with E-state index in [0.29, 0.717) is 0 Å². The molecular formula is C24H29ClN8. The van der Waals surface area contributed by atoms with Gasteiger partial charge in [0.1, 0.15) is 5.82 Å². The molecule has 172 valence electrons. The fourth-order valence-corrected chi connectivity index (χ4v) is 4.33. The van der Waals surface area contributed by atoms with Gasteiger partial charge in [0.05, 0.1) is 25.0 Å². The SMILES string of the molecule is Cc1c(CN2CCN(c3cnccn3)CC2c2ccc(Cn3cccn3)cc2)cnn1C.Cl. The predicted molar refractivity (Wildman–Crippen MR) is 130 cm³/mol. The van der Waals surface area contributed by atoms with Crippen molar-refractivity contribution in [1.82, 2.24) is 34.4 Å². The van der Waals surface area contributed by atoms with E-state index < -0.39 is 0 Å². The number of hydrogen-bond donors (Lipinski definition) is 0. The molecule has 9 heteroatoms. The van der Waals surface area contributed by atoms with Crippen LogP contribution in [0.25, 0.3) is 0 Å². The van der Waals surface area contributed by atoms with Gasteiger partial charge in [-0.15, -0.1) is 12.4 Å². The highest BCUT2D eigenvalue weighted by Crippen LogP contribution is 2.30. The Morgan fingerprint density at radius 2 is 1.82 bits per heavy atom. The zero-order chi connectivity index (χ0) is 21.9. The third kappa shape index (κ3) is 5.07. The molecule has 1 aliphatic rings. The lowest BCUT2D eigenvalue weighted by molar-refractivity contribution is 0.168. The number of benzene rings is 1. The van der Waals surface area contributed by atoms with Crippen LogP contribution in [-0.2, 0) is 20.1 Å². The van der Waals surface area contributed by atoms with Crippen LogP contribution in [0.1, 0.15) is 28.4 Å². The van der Waals surface area contributed by atoms with E-state index >= 15 is 0 Å². The number of halogens is 1. The summed E-state index contributed by atoms with van der Waals surface area (Å²) in [4.78, 5) is 13.7. The molecule has 1 aliphatic heterocycles. The van der Waals surface area contributed by atoms with E-state index in [4.69, 9.17) is 0 Å². The number of anilines is 1. The molecule has 4 heterocycles. The summed E-state index contributed by atoms with van der Waals surface area (Å²) in [6.07, 6.45) is 11.1. The van der Waals surface area contributed by atoms with Gasteiger partial charge in [-0.25, -0.2) is 4.98 Å². The Balaban J connectivity index is 0.00000259. The highest BCUT2D eigenvalue weighted by molar-refractivity contribution is 5.85. The van der Waals surface area contributed by atoms with Crippen molar-refractivity contribution in [2.45, 2.75) is 26.1 Å². The molecule has 33 heavy (non-hydrogen) atoms. The summed E-state index contributed by atoms with van der Waals surface area (Å²) in [5, 5.41) is 8.76. The summed E-state index contributed by atoms with van der Waals surface area (Å²) < 4.78 is 3.90. The molecule has 0 saturated carbocycles. The van der Waals surface area contributed by atoms with E-state index in [1.807, 2.05) is 47.3 Å². The first kappa shape index (κ1) is 22.9. The normalized spacial score (nSPS) is 16.5. The molecule has 1 fully saturated rings. The van der Waals surface area contributed by atoms with Crippen LogP contribution in [0.4, 0.5) is 5.82 Å². The van der Waals surface area contributed by atoms with Crippen molar-refractivity contribution < 1.29 is 0 Å². The number of aryl methyl sites for hydroxylation is 1. The van der Waals surface area contributed by atoms with Crippen LogP contribution in [0.3, 0.4) is 0 Å². The standard InChI is InChI=1S/C24H28N8.ClH/c1-19-22(14-28-29(19)2)17-30-12-13-31(24-15-25-9-10-26-24)18-23(30)21-6-4-20(5-7-21)16-32-11-3-8-27-32;/h3-11,14-15,23H,12-13,16-18H2,1-2H3;1H. The largest absolute Gasteiger partial charge is 0.352 e. The van der Waals surface area contributed by atoms with Gasteiger partial charge < -0.3 is 4.90 Å². The minimum Gasteiger partial charge on any atom is -0.352 e. The monoisotopic (exact) mass is 464 g/mol. The van der Waals surface area contributed by atoms with E-state index in [-0.39, 0.29) is 18.4 Å². The zero-order valence-electron chi connectivity index (χ0n) is 18.9. The van der Waals surface area contributed by atoms with Crippen molar-refractivity contribution in [2.24, 2.45) is 7.05 Å². The maximum Gasteiger partial charge on any atom is 0.147 e. The molecule has 0 aliphatic carbocycles. The topological polar surface area (TPSA) is 67.9 Å². The minimum atomic E-state index is 0. The first-order valence-corrected chi connectivity index (χ1v) is 11.0. The Morgan fingerprint density at radius 3 is 2.48 bits per heavy atom. The van der Waals surface area contributed by atoms with Gasteiger partial charge in [0.25, 0.3) is 0 Å². The van der Waals surface area contributed by atoms with Crippen LogP contribution in [0.5, 0.6) is 0 Å². The van der Waals surface area contributed by atoms with Gasteiger partial charge in [0, 0.05) is 69.3 Å². The van der Waals surface area contributed by atoms with Crippen molar-refractivity contribution >= 4 is 18.2 Å². The predicted octanol–water partition coefficient (Wildman–Crippen LogP) is 3.25. The lowest BCUT2D eigenvalue weighted by Crippen LogP contribution is -2.48. The Morgan fingerprint density at radius 1 is 0.970 bits per heavy atom. The molecule has 4 aromatic rings. The van der Waals surface area contributed by atoms with Crippen LogP contribution in [-0.4, -0.2) is 54.1 Å². The number of rotatable bonds is 6. The molecule has 0 N–H and O–H groups in total. The molecule has 5 rings (SSSR count). The van der Waals surface area contributed by atoms with Crippen LogP contribution < -0.4 is 4.90 Å². The fourth-order valence-electron chi connectivity index (χ4n) is 4.33. The van der Waals surface area contributed by atoms with Crippen LogP contribution in [0.2, 0.25) is 0 Å². The van der Waals surface area contributed by atoms with Gasteiger partial charge in [-0.2, -0.15) is 10.2 Å². The fraction of sp³-hybridized carbons (Fsp3) is 0.333. The quantitative estimate of drug-likeness (QED) is 0.436. The molecule has 1 saturated heterocycles. The average molecular weight is 465 g/mol. The first-order chi connectivity index (χ1) is 15.7. The van der Waals surface area contributed by atoms with E-state index in [0.717, 1.165) is 38.5 Å². The van der Waals surface area contributed by atoms with Gasteiger partial charge in [0.15, 0.2) is 0 Å². The van der Waals surface area contributed by atoms with E-state index in [1.165, 1.54) is 22.4 Å². The van der Waals surface area contributed by atoms with Crippen molar-refractivity contribution in [3.63, 3.8) is 0 Å². The molecule has 1 aromatic carbocycles. The zero-order valence-corrected chi connectivity index (χ0v) is 19.8. The Bertz CT molecular complexity index is 1140. The van der Waals surface area contributed by atoms with Gasteiger partial charge in [0.2, 0.25) is 0 Å². The molecule has 0 amide bonds. The highest BCUT2D eigenvalue weighted by atomic mass is 35.5. The Kier molecular flexibility index (Phi) is 7.05. The number of aromatic nitrogens is 6. The molecule has 0 radical (unpaired) electrons. The highest BCUT2D eigenvalue weighted by Gasteiger charge is 2.29. The first-order valence-electron chi connectivity index (χ1n) is 11.0. The third-order valence-corrected chi connectivity index (χ3v) is 6.34. The Labute approximate surface area is 200 Å². The summed E-state index contributed by atoms with van der Waals surface area (Å²) >= 11 is 0. The molecule has 3 aromatic heterocycles. The van der Waals surface area contributed by atoms with E-state index in [1.54, 1.807) is 12.4 Å². The molecule has 0 spiro atoms.